The molecule has 0 bridgehead atoms. The molecule has 0 saturated carbocycles. The van der Waals surface area contributed by atoms with Crippen molar-refractivity contribution in [2.45, 2.75) is 45.6 Å². The standard InChI is InChI=1S/C15H19N3O2S/c1-3-14-16-11(9-21-14)8-15(19)18-6-4-5-12(18)13-7-10(2)17-20-13/h7,9,12H,3-6,8H2,1-2H3/t12-/m1/s1. The van der Waals surface area contributed by atoms with E-state index in [9.17, 15) is 4.79 Å². The first-order valence-corrected chi connectivity index (χ1v) is 8.21. The van der Waals surface area contributed by atoms with Gasteiger partial charge >= 0.3 is 0 Å². The van der Waals surface area contributed by atoms with Gasteiger partial charge in [0.1, 0.15) is 0 Å². The maximum atomic E-state index is 12.5. The smallest absolute Gasteiger partial charge is 0.229 e. The van der Waals surface area contributed by atoms with Crippen LogP contribution in [0.4, 0.5) is 0 Å². The van der Waals surface area contributed by atoms with E-state index >= 15 is 0 Å². The minimum atomic E-state index is 0.0305. The van der Waals surface area contributed by atoms with Crippen LogP contribution in [-0.4, -0.2) is 27.5 Å². The zero-order chi connectivity index (χ0) is 14.8. The van der Waals surface area contributed by atoms with Gasteiger partial charge in [-0.2, -0.15) is 0 Å². The van der Waals surface area contributed by atoms with E-state index < -0.39 is 0 Å². The highest BCUT2D eigenvalue weighted by atomic mass is 32.1. The minimum Gasteiger partial charge on any atom is -0.359 e. The van der Waals surface area contributed by atoms with Crippen LogP contribution in [0, 0.1) is 6.92 Å². The molecule has 1 aliphatic rings. The molecule has 0 aliphatic carbocycles. The average molecular weight is 305 g/mol. The zero-order valence-corrected chi connectivity index (χ0v) is 13.2. The molecular formula is C15H19N3O2S. The van der Waals surface area contributed by atoms with Gasteiger partial charge in [-0.25, -0.2) is 4.98 Å². The van der Waals surface area contributed by atoms with Crippen molar-refractivity contribution in [1.29, 1.82) is 0 Å². The summed E-state index contributed by atoms with van der Waals surface area (Å²) in [5.41, 5.74) is 1.73. The summed E-state index contributed by atoms with van der Waals surface area (Å²) in [6, 6.07) is 1.96. The summed E-state index contributed by atoms with van der Waals surface area (Å²) in [6.07, 6.45) is 3.24. The number of aromatic nitrogens is 2. The Bertz CT molecular complexity index is 634. The van der Waals surface area contributed by atoms with E-state index in [2.05, 4.69) is 17.1 Å². The van der Waals surface area contributed by atoms with Gasteiger partial charge in [-0.15, -0.1) is 11.3 Å². The van der Waals surface area contributed by atoms with Gasteiger partial charge in [0.05, 0.1) is 28.9 Å². The quantitative estimate of drug-likeness (QED) is 0.871. The molecule has 21 heavy (non-hydrogen) atoms. The number of carbonyl (C=O) groups is 1. The van der Waals surface area contributed by atoms with Crippen LogP contribution in [0.5, 0.6) is 0 Å². The average Bonchev–Trinajstić information content (AvgIpc) is 3.17. The lowest BCUT2D eigenvalue weighted by atomic mass is 10.1. The molecule has 0 spiro atoms. The lowest BCUT2D eigenvalue weighted by Crippen LogP contribution is -2.31. The number of nitrogens with zero attached hydrogens (tertiary/aromatic N) is 3. The Balaban J connectivity index is 1.71. The van der Waals surface area contributed by atoms with E-state index in [1.54, 1.807) is 11.3 Å². The second-order valence-electron chi connectivity index (χ2n) is 5.38. The first-order valence-electron chi connectivity index (χ1n) is 7.33. The molecule has 1 fully saturated rings. The summed E-state index contributed by atoms with van der Waals surface area (Å²) in [4.78, 5) is 18.9. The number of carbonyl (C=O) groups excluding carboxylic acids is 1. The molecule has 1 atom stereocenters. The molecular weight excluding hydrogens is 286 g/mol. The number of aryl methyl sites for hydroxylation is 2. The maximum absolute atomic E-state index is 12.5. The van der Waals surface area contributed by atoms with Crippen LogP contribution < -0.4 is 0 Å². The van der Waals surface area contributed by atoms with Crippen LogP contribution in [0.2, 0.25) is 0 Å². The lowest BCUT2D eigenvalue weighted by Gasteiger charge is -2.22. The predicted octanol–water partition coefficient (Wildman–Crippen LogP) is 2.91. The zero-order valence-electron chi connectivity index (χ0n) is 12.3. The van der Waals surface area contributed by atoms with E-state index in [1.807, 2.05) is 23.3 Å². The van der Waals surface area contributed by atoms with Crippen LogP contribution in [0.15, 0.2) is 16.0 Å². The third kappa shape index (κ3) is 3.00. The number of thiazole rings is 1. The Morgan fingerprint density at radius 1 is 1.57 bits per heavy atom. The van der Waals surface area contributed by atoms with Crippen molar-refractivity contribution < 1.29 is 9.32 Å². The van der Waals surface area contributed by atoms with Gasteiger partial charge in [-0.1, -0.05) is 12.1 Å². The number of rotatable bonds is 4. The van der Waals surface area contributed by atoms with Crippen molar-refractivity contribution in [3.05, 3.63) is 33.6 Å². The fourth-order valence-electron chi connectivity index (χ4n) is 2.75. The van der Waals surface area contributed by atoms with E-state index in [-0.39, 0.29) is 11.9 Å². The Morgan fingerprint density at radius 3 is 3.10 bits per heavy atom. The van der Waals surface area contributed by atoms with Gasteiger partial charge in [0.2, 0.25) is 5.91 Å². The molecule has 0 radical (unpaired) electrons. The van der Waals surface area contributed by atoms with Gasteiger partial charge < -0.3 is 9.42 Å². The molecule has 6 heteroatoms. The molecule has 1 saturated heterocycles. The molecule has 3 rings (SSSR count). The summed E-state index contributed by atoms with van der Waals surface area (Å²) in [5.74, 6) is 0.922. The number of hydrogen-bond donors (Lipinski definition) is 0. The van der Waals surface area contributed by atoms with Crippen molar-refractivity contribution in [3.8, 4) is 0 Å². The SMILES string of the molecule is CCc1nc(CC(=O)N2CCC[C@@H]2c2cc(C)no2)cs1. The normalized spacial score (nSPS) is 18.4. The summed E-state index contributed by atoms with van der Waals surface area (Å²) >= 11 is 1.62. The van der Waals surface area contributed by atoms with Gasteiger partial charge in [0.25, 0.3) is 0 Å². The first kappa shape index (κ1) is 14.3. The van der Waals surface area contributed by atoms with Gasteiger partial charge in [0, 0.05) is 18.0 Å². The van der Waals surface area contributed by atoms with E-state index in [4.69, 9.17) is 4.52 Å². The third-order valence-electron chi connectivity index (χ3n) is 3.78. The highest BCUT2D eigenvalue weighted by molar-refractivity contribution is 7.09. The minimum absolute atomic E-state index is 0.0305. The first-order chi connectivity index (χ1) is 10.2. The maximum Gasteiger partial charge on any atom is 0.229 e. The molecule has 2 aromatic heterocycles. The van der Waals surface area contributed by atoms with E-state index in [0.717, 1.165) is 48.0 Å². The Hall–Kier alpha value is -1.69. The van der Waals surface area contributed by atoms with E-state index in [1.165, 1.54) is 0 Å². The molecule has 3 heterocycles. The summed E-state index contributed by atoms with van der Waals surface area (Å²) in [6.45, 7) is 4.76. The molecule has 1 aliphatic heterocycles. The number of amides is 1. The molecule has 5 nitrogen and oxygen atoms in total. The molecule has 0 unspecified atom stereocenters. The Kier molecular flexibility index (Phi) is 4.05. The highest BCUT2D eigenvalue weighted by Crippen LogP contribution is 2.32. The second kappa shape index (κ2) is 5.97. The highest BCUT2D eigenvalue weighted by Gasteiger charge is 2.32. The van der Waals surface area contributed by atoms with Crippen LogP contribution in [0.1, 0.15) is 48.0 Å². The van der Waals surface area contributed by atoms with Crippen LogP contribution >= 0.6 is 11.3 Å². The molecule has 112 valence electrons. The number of hydrogen-bond acceptors (Lipinski definition) is 5. The van der Waals surface area contributed by atoms with Crippen LogP contribution in [0.3, 0.4) is 0 Å². The lowest BCUT2D eigenvalue weighted by molar-refractivity contribution is -0.131. The molecule has 1 amide bonds. The number of likely N-dealkylation sites (tertiary alicyclic amines) is 1. The Morgan fingerprint density at radius 2 is 2.43 bits per heavy atom. The van der Waals surface area contributed by atoms with Gasteiger partial charge in [0.15, 0.2) is 5.76 Å². The predicted molar refractivity (Wildman–Crippen MR) is 80.1 cm³/mol. The largest absolute Gasteiger partial charge is 0.359 e. The van der Waals surface area contributed by atoms with Gasteiger partial charge in [-0.3, -0.25) is 4.79 Å². The molecule has 0 N–H and O–H groups in total. The van der Waals surface area contributed by atoms with Crippen molar-refractivity contribution in [3.63, 3.8) is 0 Å². The fourth-order valence-corrected chi connectivity index (χ4v) is 3.50. The van der Waals surface area contributed by atoms with Crippen LogP contribution in [0.25, 0.3) is 0 Å². The summed E-state index contributed by atoms with van der Waals surface area (Å²) < 4.78 is 5.34. The second-order valence-corrected chi connectivity index (χ2v) is 6.32. The van der Waals surface area contributed by atoms with E-state index in [0.29, 0.717) is 6.42 Å². The monoisotopic (exact) mass is 305 g/mol. The third-order valence-corrected chi connectivity index (χ3v) is 4.82. The van der Waals surface area contributed by atoms with Crippen molar-refractivity contribution >= 4 is 17.2 Å². The van der Waals surface area contributed by atoms with Gasteiger partial charge in [-0.05, 0) is 26.2 Å². The van der Waals surface area contributed by atoms with Crippen molar-refractivity contribution in [2.75, 3.05) is 6.54 Å². The summed E-state index contributed by atoms with van der Waals surface area (Å²) in [5, 5.41) is 7.00. The fraction of sp³-hybridized carbons (Fsp3) is 0.533. The molecule has 0 aromatic carbocycles. The van der Waals surface area contributed by atoms with Crippen molar-refractivity contribution in [1.82, 2.24) is 15.0 Å². The molecule has 2 aromatic rings. The van der Waals surface area contributed by atoms with Crippen LogP contribution in [-0.2, 0) is 17.6 Å². The topological polar surface area (TPSA) is 59.2 Å². The Labute approximate surface area is 128 Å². The van der Waals surface area contributed by atoms with Crippen molar-refractivity contribution in [2.24, 2.45) is 0 Å². The summed E-state index contributed by atoms with van der Waals surface area (Å²) in [7, 11) is 0.